The number of nitrogens with two attached hydrogens (primary N) is 1. The maximum atomic E-state index is 6.05. The molecule has 2 rings (SSSR count). The molecule has 0 saturated heterocycles. The Labute approximate surface area is 118 Å². The summed E-state index contributed by atoms with van der Waals surface area (Å²) in [6.45, 7) is 1.99. The molecule has 0 fully saturated rings. The summed E-state index contributed by atoms with van der Waals surface area (Å²) in [5, 5.41) is 3.99. The maximum Gasteiger partial charge on any atom is 0.183 e. The predicted octanol–water partition coefficient (Wildman–Crippen LogP) is 2.94. The normalized spacial score (nSPS) is 12.3. The van der Waals surface area contributed by atoms with Crippen molar-refractivity contribution in [3.8, 4) is 11.3 Å². The molecule has 0 amide bonds. The lowest BCUT2D eigenvalue weighted by Gasteiger charge is -2.13. The van der Waals surface area contributed by atoms with Crippen molar-refractivity contribution < 1.29 is 0 Å². The van der Waals surface area contributed by atoms with Crippen LogP contribution in [0.15, 0.2) is 24.3 Å². The van der Waals surface area contributed by atoms with Crippen LogP contribution in [0.3, 0.4) is 0 Å². The van der Waals surface area contributed by atoms with Gasteiger partial charge in [-0.05, 0) is 19.1 Å². The molecular weight excluding hydrogens is 256 g/mol. The van der Waals surface area contributed by atoms with Gasteiger partial charge < -0.3 is 16.0 Å². The van der Waals surface area contributed by atoms with Gasteiger partial charge in [0.1, 0.15) is 0 Å². The first kappa shape index (κ1) is 13.8. The van der Waals surface area contributed by atoms with E-state index in [2.05, 4.69) is 33.4 Å². The quantitative estimate of drug-likeness (QED) is 0.901. The molecule has 0 spiro atoms. The summed E-state index contributed by atoms with van der Waals surface area (Å²) in [6.07, 6.45) is 0. The molecule has 0 aliphatic carbocycles. The lowest BCUT2D eigenvalue weighted by Crippen LogP contribution is -2.08. The van der Waals surface area contributed by atoms with Crippen molar-refractivity contribution in [2.75, 3.05) is 31.4 Å². The third kappa shape index (κ3) is 2.88. The van der Waals surface area contributed by atoms with Gasteiger partial charge in [0.25, 0.3) is 0 Å². The largest absolute Gasteiger partial charge is 0.378 e. The zero-order chi connectivity index (χ0) is 14.0. The van der Waals surface area contributed by atoms with Crippen molar-refractivity contribution in [1.29, 1.82) is 0 Å². The number of nitrogens with one attached hydrogen (secondary N) is 1. The summed E-state index contributed by atoms with van der Waals surface area (Å²) in [5.74, 6) is 0. The topological polar surface area (TPSA) is 54.2 Å². The lowest BCUT2D eigenvalue weighted by atomic mass is 10.1. The first-order valence-electron chi connectivity index (χ1n) is 6.24. The highest BCUT2D eigenvalue weighted by molar-refractivity contribution is 7.16. The van der Waals surface area contributed by atoms with E-state index in [1.165, 1.54) is 0 Å². The average Bonchev–Trinajstić information content (AvgIpc) is 2.83. The number of rotatable bonds is 4. The summed E-state index contributed by atoms with van der Waals surface area (Å²) in [7, 11) is 5.95. The summed E-state index contributed by atoms with van der Waals surface area (Å²) in [4.78, 5) is 7.82. The number of thiazole rings is 1. The second-order valence-corrected chi connectivity index (χ2v) is 5.75. The van der Waals surface area contributed by atoms with Crippen LogP contribution in [0.2, 0.25) is 0 Å². The van der Waals surface area contributed by atoms with Crippen LogP contribution in [-0.4, -0.2) is 26.1 Å². The standard InChI is InChI=1S/C14H20N4S/c1-9(15)13-12(17-14(16-2)19-13)10-6-5-7-11(8-10)18(3)4/h5-9H,15H2,1-4H3,(H,16,17). The molecule has 3 N–H and O–H groups in total. The van der Waals surface area contributed by atoms with Crippen LogP contribution in [0.4, 0.5) is 10.8 Å². The Hall–Kier alpha value is -1.59. The predicted molar refractivity (Wildman–Crippen MR) is 84.0 cm³/mol. The van der Waals surface area contributed by atoms with E-state index < -0.39 is 0 Å². The first-order chi connectivity index (χ1) is 9.02. The molecule has 0 aliphatic rings. The number of hydrogen-bond acceptors (Lipinski definition) is 5. The molecule has 2 aromatic rings. The van der Waals surface area contributed by atoms with Gasteiger partial charge in [-0.2, -0.15) is 0 Å². The van der Waals surface area contributed by atoms with Gasteiger partial charge in [0.15, 0.2) is 5.13 Å². The molecule has 1 atom stereocenters. The second-order valence-electron chi connectivity index (χ2n) is 4.72. The zero-order valence-electron chi connectivity index (χ0n) is 11.8. The number of anilines is 2. The van der Waals surface area contributed by atoms with Crippen LogP contribution in [-0.2, 0) is 0 Å². The number of hydrogen-bond donors (Lipinski definition) is 2. The fraction of sp³-hybridized carbons (Fsp3) is 0.357. The average molecular weight is 276 g/mol. The van der Waals surface area contributed by atoms with Gasteiger partial charge in [-0.25, -0.2) is 4.98 Å². The van der Waals surface area contributed by atoms with Crippen LogP contribution in [0, 0.1) is 0 Å². The Bertz CT molecular complexity index is 560. The Morgan fingerprint density at radius 3 is 2.68 bits per heavy atom. The summed E-state index contributed by atoms with van der Waals surface area (Å²) < 4.78 is 0. The number of aromatic nitrogens is 1. The van der Waals surface area contributed by atoms with E-state index in [0.29, 0.717) is 0 Å². The van der Waals surface area contributed by atoms with Gasteiger partial charge in [-0.1, -0.05) is 23.5 Å². The molecule has 5 heteroatoms. The summed E-state index contributed by atoms with van der Waals surface area (Å²) >= 11 is 1.62. The third-order valence-electron chi connectivity index (χ3n) is 2.92. The zero-order valence-corrected chi connectivity index (χ0v) is 12.6. The van der Waals surface area contributed by atoms with Crippen LogP contribution in [0.5, 0.6) is 0 Å². The Kier molecular flexibility index (Phi) is 4.07. The molecule has 102 valence electrons. The van der Waals surface area contributed by atoms with E-state index in [-0.39, 0.29) is 6.04 Å². The van der Waals surface area contributed by atoms with E-state index in [1.807, 2.05) is 34.1 Å². The molecule has 1 aromatic carbocycles. The fourth-order valence-electron chi connectivity index (χ4n) is 1.89. The van der Waals surface area contributed by atoms with Crippen molar-refractivity contribution in [2.24, 2.45) is 5.73 Å². The van der Waals surface area contributed by atoms with Gasteiger partial charge in [0.05, 0.1) is 10.6 Å². The Morgan fingerprint density at radius 1 is 1.37 bits per heavy atom. The van der Waals surface area contributed by atoms with Gasteiger partial charge in [0, 0.05) is 38.4 Å². The first-order valence-corrected chi connectivity index (χ1v) is 7.06. The van der Waals surface area contributed by atoms with E-state index in [1.54, 1.807) is 11.3 Å². The van der Waals surface area contributed by atoms with Gasteiger partial charge in [0.2, 0.25) is 0 Å². The van der Waals surface area contributed by atoms with Crippen molar-refractivity contribution in [2.45, 2.75) is 13.0 Å². The van der Waals surface area contributed by atoms with E-state index in [0.717, 1.165) is 27.0 Å². The maximum absolute atomic E-state index is 6.05. The molecular formula is C14H20N4S. The van der Waals surface area contributed by atoms with Crippen molar-refractivity contribution >= 4 is 22.2 Å². The van der Waals surface area contributed by atoms with Crippen LogP contribution in [0.1, 0.15) is 17.8 Å². The van der Waals surface area contributed by atoms with Crippen LogP contribution < -0.4 is 16.0 Å². The number of benzene rings is 1. The third-order valence-corrected chi connectivity index (χ3v) is 4.19. The molecule has 0 aliphatic heterocycles. The second kappa shape index (κ2) is 5.59. The van der Waals surface area contributed by atoms with E-state index in [4.69, 9.17) is 5.73 Å². The molecule has 0 saturated carbocycles. The smallest absolute Gasteiger partial charge is 0.183 e. The molecule has 4 nitrogen and oxygen atoms in total. The van der Waals surface area contributed by atoms with Crippen LogP contribution in [0.25, 0.3) is 11.3 Å². The summed E-state index contributed by atoms with van der Waals surface area (Å²) in [5.41, 5.74) is 9.30. The van der Waals surface area contributed by atoms with Crippen molar-refractivity contribution in [1.82, 2.24) is 4.98 Å². The van der Waals surface area contributed by atoms with Gasteiger partial charge in [-0.15, -0.1) is 0 Å². The Morgan fingerprint density at radius 2 is 2.11 bits per heavy atom. The minimum absolute atomic E-state index is 0.0161. The molecule has 0 bridgehead atoms. The number of nitrogens with zero attached hydrogens (tertiary/aromatic N) is 2. The molecule has 1 unspecified atom stereocenters. The SMILES string of the molecule is CNc1nc(-c2cccc(N(C)C)c2)c(C(C)N)s1. The van der Waals surface area contributed by atoms with Crippen LogP contribution >= 0.6 is 11.3 Å². The van der Waals surface area contributed by atoms with E-state index in [9.17, 15) is 0 Å². The monoisotopic (exact) mass is 276 g/mol. The lowest BCUT2D eigenvalue weighted by molar-refractivity contribution is 0.837. The summed E-state index contributed by atoms with van der Waals surface area (Å²) in [6, 6.07) is 8.33. The van der Waals surface area contributed by atoms with Gasteiger partial charge >= 0.3 is 0 Å². The van der Waals surface area contributed by atoms with E-state index >= 15 is 0 Å². The fourth-order valence-corrected chi connectivity index (χ4v) is 2.78. The highest BCUT2D eigenvalue weighted by atomic mass is 32.1. The van der Waals surface area contributed by atoms with Gasteiger partial charge in [-0.3, -0.25) is 0 Å². The molecule has 1 aromatic heterocycles. The molecule has 19 heavy (non-hydrogen) atoms. The minimum atomic E-state index is -0.0161. The van der Waals surface area contributed by atoms with Crippen molar-refractivity contribution in [3.63, 3.8) is 0 Å². The highest BCUT2D eigenvalue weighted by Crippen LogP contribution is 2.35. The molecule has 1 heterocycles. The molecule has 0 radical (unpaired) electrons. The Balaban J connectivity index is 2.51. The minimum Gasteiger partial charge on any atom is -0.378 e. The van der Waals surface area contributed by atoms with Crippen molar-refractivity contribution in [3.05, 3.63) is 29.1 Å². The highest BCUT2D eigenvalue weighted by Gasteiger charge is 2.16.